The summed E-state index contributed by atoms with van der Waals surface area (Å²) in [6, 6.07) is 15.0. The molecule has 0 bridgehead atoms. The van der Waals surface area contributed by atoms with Gasteiger partial charge in [-0.3, -0.25) is 0 Å². The maximum absolute atomic E-state index is 6.22. The summed E-state index contributed by atoms with van der Waals surface area (Å²) in [5, 5.41) is 1.79. The molecule has 0 aromatic heterocycles. The molecule has 0 amide bonds. The van der Waals surface area contributed by atoms with Gasteiger partial charge in [-0.2, -0.15) is 0 Å². The van der Waals surface area contributed by atoms with Crippen molar-refractivity contribution in [1.29, 1.82) is 0 Å². The third kappa shape index (κ3) is 2.70. The zero-order valence-corrected chi connectivity index (χ0v) is 13.5. The summed E-state index contributed by atoms with van der Waals surface area (Å²) in [4.78, 5) is 0. The maximum atomic E-state index is 6.22. The van der Waals surface area contributed by atoms with Crippen LogP contribution in [0.25, 0.3) is 5.57 Å². The summed E-state index contributed by atoms with van der Waals surface area (Å²) >= 11 is 9.74. The van der Waals surface area contributed by atoms with Gasteiger partial charge >= 0.3 is 0 Å². The molecule has 0 aliphatic heterocycles. The van der Waals surface area contributed by atoms with Gasteiger partial charge in [-0.1, -0.05) is 63.9 Å². The van der Waals surface area contributed by atoms with Crippen LogP contribution >= 0.6 is 27.5 Å². The molecular weight excluding hydrogens is 332 g/mol. The van der Waals surface area contributed by atoms with Crippen molar-refractivity contribution in [2.45, 2.75) is 19.3 Å². The third-order valence-corrected chi connectivity index (χ3v) is 4.48. The van der Waals surface area contributed by atoms with Gasteiger partial charge in [-0.05, 0) is 59.2 Å². The largest absolute Gasteiger partial charge is 0.0925 e. The average molecular weight is 348 g/mol. The van der Waals surface area contributed by atoms with Crippen molar-refractivity contribution in [3.63, 3.8) is 0 Å². The number of aryl methyl sites for hydroxylation is 2. The van der Waals surface area contributed by atoms with Crippen LogP contribution in [0.4, 0.5) is 0 Å². The van der Waals surface area contributed by atoms with E-state index in [1.54, 1.807) is 0 Å². The summed E-state index contributed by atoms with van der Waals surface area (Å²) in [5.74, 6) is 0. The fraction of sp³-hybridized carbons (Fsp3) is 0.222. The second-order valence-electron chi connectivity index (χ2n) is 5.05. The molecule has 0 atom stereocenters. The first kappa shape index (κ1) is 13.9. The molecule has 1 aliphatic carbocycles. The topological polar surface area (TPSA) is 0 Å². The summed E-state index contributed by atoms with van der Waals surface area (Å²) in [5.41, 5.74) is 6.81. The molecule has 20 heavy (non-hydrogen) atoms. The zero-order valence-electron chi connectivity index (χ0n) is 11.2. The number of allylic oxidation sites excluding steroid dienone is 1. The van der Waals surface area contributed by atoms with Crippen LogP contribution in [0.3, 0.4) is 0 Å². The first-order chi connectivity index (χ1) is 9.79. The lowest BCUT2D eigenvalue weighted by Gasteiger charge is -2.12. The average Bonchev–Trinajstić information content (AvgIpc) is 2.62. The lowest BCUT2D eigenvalue weighted by Crippen LogP contribution is -1.92. The summed E-state index contributed by atoms with van der Waals surface area (Å²) < 4.78 is 0. The van der Waals surface area contributed by atoms with Crippen molar-refractivity contribution < 1.29 is 0 Å². The van der Waals surface area contributed by atoms with Gasteiger partial charge in [-0.15, -0.1) is 0 Å². The van der Waals surface area contributed by atoms with E-state index in [2.05, 4.69) is 58.4 Å². The number of hydrogen-bond donors (Lipinski definition) is 0. The molecule has 3 rings (SSSR count). The minimum Gasteiger partial charge on any atom is -0.0925 e. The monoisotopic (exact) mass is 346 g/mol. The molecule has 0 radical (unpaired) electrons. The number of benzene rings is 2. The Labute approximate surface area is 133 Å². The molecule has 0 N–H and O–H groups in total. The van der Waals surface area contributed by atoms with Crippen molar-refractivity contribution in [2.75, 3.05) is 5.33 Å². The minimum absolute atomic E-state index is 0.813. The summed E-state index contributed by atoms with van der Waals surface area (Å²) in [6.07, 6.45) is 5.52. The first-order valence-corrected chi connectivity index (χ1v) is 8.43. The molecule has 102 valence electrons. The van der Waals surface area contributed by atoms with Gasteiger partial charge in [0.25, 0.3) is 0 Å². The van der Waals surface area contributed by atoms with Crippen molar-refractivity contribution in [3.8, 4) is 0 Å². The second-order valence-corrected chi connectivity index (χ2v) is 6.28. The lowest BCUT2D eigenvalue weighted by molar-refractivity contribution is 0.965. The van der Waals surface area contributed by atoms with Crippen LogP contribution in [0.2, 0.25) is 5.02 Å². The predicted molar refractivity (Wildman–Crippen MR) is 90.8 cm³/mol. The molecule has 0 saturated carbocycles. The number of alkyl halides is 1. The fourth-order valence-electron chi connectivity index (χ4n) is 2.85. The zero-order chi connectivity index (χ0) is 13.9. The SMILES string of the molecule is Clc1ccc2c(c1)C(=CCCBr)c1ccccc1CC2. The van der Waals surface area contributed by atoms with E-state index in [9.17, 15) is 0 Å². The molecule has 2 aromatic rings. The highest BCUT2D eigenvalue weighted by atomic mass is 79.9. The number of fused-ring (bicyclic) bond motifs is 2. The maximum Gasteiger partial charge on any atom is 0.0412 e. The second kappa shape index (κ2) is 6.15. The van der Waals surface area contributed by atoms with Gasteiger partial charge in [0.15, 0.2) is 0 Å². The Bertz CT molecular complexity index is 658. The highest BCUT2D eigenvalue weighted by molar-refractivity contribution is 9.09. The quantitative estimate of drug-likeness (QED) is 0.615. The highest BCUT2D eigenvalue weighted by Crippen LogP contribution is 2.35. The summed E-state index contributed by atoms with van der Waals surface area (Å²) in [7, 11) is 0. The molecule has 0 spiro atoms. The fourth-order valence-corrected chi connectivity index (χ4v) is 3.25. The van der Waals surface area contributed by atoms with Crippen molar-refractivity contribution in [2.24, 2.45) is 0 Å². The molecule has 0 fully saturated rings. The van der Waals surface area contributed by atoms with Crippen LogP contribution in [0.1, 0.15) is 28.7 Å². The van der Waals surface area contributed by atoms with E-state index in [0.29, 0.717) is 0 Å². The van der Waals surface area contributed by atoms with Crippen molar-refractivity contribution >= 4 is 33.1 Å². The number of halogens is 2. The van der Waals surface area contributed by atoms with Gasteiger partial charge in [0, 0.05) is 10.4 Å². The predicted octanol–water partition coefficient (Wildman–Crippen LogP) is 5.66. The molecular formula is C18H16BrCl. The Kier molecular flexibility index (Phi) is 4.28. The summed E-state index contributed by atoms with van der Waals surface area (Å²) in [6.45, 7) is 0. The van der Waals surface area contributed by atoms with Crippen LogP contribution in [0.15, 0.2) is 48.5 Å². The van der Waals surface area contributed by atoms with E-state index in [1.807, 2.05) is 6.07 Å². The van der Waals surface area contributed by atoms with E-state index in [-0.39, 0.29) is 0 Å². The van der Waals surface area contributed by atoms with E-state index in [4.69, 9.17) is 11.6 Å². The molecule has 0 saturated heterocycles. The van der Waals surface area contributed by atoms with Crippen LogP contribution < -0.4 is 0 Å². The Hall–Kier alpha value is -1.05. The van der Waals surface area contributed by atoms with E-state index >= 15 is 0 Å². The van der Waals surface area contributed by atoms with E-state index in [1.165, 1.54) is 27.8 Å². The molecule has 2 heteroatoms. The Morgan fingerprint density at radius 3 is 2.55 bits per heavy atom. The number of rotatable bonds is 2. The van der Waals surface area contributed by atoms with Crippen LogP contribution in [-0.4, -0.2) is 5.33 Å². The van der Waals surface area contributed by atoms with Gasteiger partial charge < -0.3 is 0 Å². The molecule has 1 aliphatic rings. The molecule has 0 heterocycles. The Morgan fingerprint density at radius 2 is 1.75 bits per heavy atom. The normalized spacial score (nSPS) is 15.6. The highest BCUT2D eigenvalue weighted by Gasteiger charge is 2.17. The third-order valence-electron chi connectivity index (χ3n) is 3.79. The van der Waals surface area contributed by atoms with Crippen LogP contribution in [0.5, 0.6) is 0 Å². The van der Waals surface area contributed by atoms with Crippen LogP contribution in [-0.2, 0) is 12.8 Å². The lowest BCUT2D eigenvalue weighted by atomic mass is 9.93. The standard InChI is InChI=1S/C18H16BrCl/c19-11-3-6-17-16-5-2-1-4-13(16)7-8-14-9-10-15(20)12-18(14)17/h1-2,4-6,9-10,12H,3,7-8,11H2. The smallest absolute Gasteiger partial charge is 0.0412 e. The van der Waals surface area contributed by atoms with Gasteiger partial charge in [0.1, 0.15) is 0 Å². The van der Waals surface area contributed by atoms with Crippen LogP contribution in [0, 0.1) is 0 Å². The van der Waals surface area contributed by atoms with E-state index in [0.717, 1.165) is 29.6 Å². The number of hydrogen-bond acceptors (Lipinski definition) is 0. The molecule has 0 unspecified atom stereocenters. The first-order valence-electron chi connectivity index (χ1n) is 6.93. The van der Waals surface area contributed by atoms with Gasteiger partial charge in [0.2, 0.25) is 0 Å². The molecule has 2 aromatic carbocycles. The Morgan fingerprint density at radius 1 is 1.00 bits per heavy atom. The minimum atomic E-state index is 0.813. The Balaban J connectivity index is 2.21. The van der Waals surface area contributed by atoms with Crippen molar-refractivity contribution in [1.82, 2.24) is 0 Å². The van der Waals surface area contributed by atoms with Gasteiger partial charge in [0.05, 0.1) is 0 Å². The van der Waals surface area contributed by atoms with Crippen molar-refractivity contribution in [3.05, 3.63) is 75.8 Å². The molecule has 0 nitrogen and oxygen atoms in total. The van der Waals surface area contributed by atoms with E-state index < -0.39 is 0 Å². The van der Waals surface area contributed by atoms with Gasteiger partial charge in [-0.25, -0.2) is 0 Å².